The van der Waals surface area contributed by atoms with Gasteiger partial charge in [0.2, 0.25) is 0 Å². The molecule has 3 unspecified atom stereocenters. The lowest BCUT2D eigenvalue weighted by Gasteiger charge is -2.44. The van der Waals surface area contributed by atoms with Gasteiger partial charge in [-0.3, -0.25) is 4.79 Å². The van der Waals surface area contributed by atoms with Crippen LogP contribution >= 0.6 is 11.8 Å². The molecular weight excluding hydrogens is 509 g/mol. The summed E-state index contributed by atoms with van der Waals surface area (Å²) < 4.78 is 49.3. The van der Waals surface area contributed by atoms with Crippen molar-refractivity contribution in [3.63, 3.8) is 0 Å². The molecule has 3 atom stereocenters. The van der Waals surface area contributed by atoms with Crippen LogP contribution in [0.3, 0.4) is 0 Å². The number of aliphatic hydroxyl groups excluding tert-OH is 1. The number of halogens is 3. The van der Waals surface area contributed by atoms with Gasteiger partial charge in [-0.1, -0.05) is 24.3 Å². The van der Waals surface area contributed by atoms with Crippen molar-refractivity contribution in [1.29, 1.82) is 10.5 Å². The molecule has 2 aromatic rings. The summed E-state index contributed by atoms with van der Waals surface area (Å²) in [4.78, 5) is 26.7. The van der Waals surface area contributed by atoms with Crippen LogP contribution in [0, 0.1) is 34.0 Å². The van der Waals surface area contributed by atoms with Crippen LogP contribution in [0.1, 0.15) is 28.5 Å². The Labute approximate surface area is 215 Å². The second-order valence-corrected chi connectivity index (χ2v) is 9.07. The van der Waals surface area contributed by atoms with E-state index in [1.54, 1.807) is 24.3 Å². The zero-order chi connectivity index (χ0) is 27.5. The second kappa shape index (κ2) is 10.6. The van der Waals surface area contributed by atoms with Crippen molar-refractivity contribution in [2.75, 3.05) is 20.5 Å². The smallest absolute Gasteiger partial charge is 0.416 e. The van der Waals surface area contributed by atoms with Crippen LogP contribution in [0.15, 0.2) is 64.8 Å². The van der Waals surface area contributed by atoms with Crippen molar-refractivity contribution in [3.05, 3.63) is 76.6 Å². The van der Waals surface area contributed by atoms with Crippen LogP contribution < -0.4 is 0 Å². The van der Waals surface area contributed by atoms with Gasteiger partial charge >= 0.3 is 18.1 Å². The Morgan fingerprint density at radius 2 is 1.51 bits per heavy atom. The molecule has 1 aliphatic carbocycles. The van der Waals surface area contributed by atoms with Gasteiger partial charge in [-0.15, -0.1) is 11.8 Å². The number of hydrogen-bond donors (Lipinski definition) is 1. The summed E-state index contributed by atoms with van der Waals surface area (Å²) in [6, 6.07) is 13.9. The van der Waals surface area contributed by atoms with Crippen molar-refractivity contribution < 1.29 is 37.3 Å². The third kappa shape index (κ3) is 4.75. The quantitative estimate of drug-likeness (QED) is 0.418. The van der Waals surface area contributed by atoms with Crippen molar-refractivity contribution in [1.82, 2.24) is 0 Å². The predicted molar refractivity (Wildman–Crippen MR) is 126 cm³/mol. The van der Waals surface area contributed by atoms with Gasteiger partial charge in [0, 0.05) is 10.8 Å². The molecule has 0 heterocycles. The number of rotatable bonds is 5. The number of aliphatic hydroxyl groups is 1. The van der Waals surface area contributed by atoms with E-state index in [2.05, 4.69) is 0 Å². The van der Waals surface area contributed by atoms with Crippen LogP contribution in [0.5, 0.6) is 0 Å². The summed E-state index contributed by atoms with van der Waals surface area (Å²) in [7, 11) is 2.04. The van der Waals surface area contributed by atoms with E-state index in [0.717, 1.165) is 43.4 Å². The topological polar surface area (TPSA) is 120 Å². The lowest BCUT2D eigenvalue weighted by molar-refractivity contribution is -0.147. The molecule has 0 saturated heterocycles. The van der Waals surface area contributed by atoms with Crippen LogP contribution in [0.4, 0.5) is 13.2 Å². The number of ether oxygens (including phenoxy) is 2. The van der Waals surface area contributed by atoms with Crippen molar-refractivity contribution in [2.45, 2.75) is 22.9 Å². The predicted octanol–water partition coefficient (Wildman–Crippen LogP) is 5.12. The summed E-state index contributed by atoms with van der Waals surface area (Å²) in [6.45, 7) is 0. The van der Waals surface area contributed by atoms with Gasteiger partial charge in [0.1, 0.15) is 11.7 Å². The Kier molecular flexibility index (Phi) is 7.89. The Balaban J connectivity index is 2.43. The standard InChI is InChI=1S/C26H21F3N2O5S/c1-35-23(33)18-20(14-4-8-16(9-5-14)26(27,28)29)25(12-30,13-31)21(19(22(18)32)24(34)36-2)15-6-10-17(37-3)11-7-15/h4-11,18,20-21,32H,1-3H3. The molecule has 0 amide bonds. The highest BCUT2D eigenvalue weighted by atomic mass is 32.2. The van der Waals surface area contributed by atoms with E-state index in [4.69, 9.17) is 9.47 Å². The minimum atomic E-state index is -4.66. The Hall–Kier alpha value is -3.96. The molecule has 0 saturated carbocycles. The lowest BCUT2D eigenvalue weighted by Crippen LogP contribution is -2.47. The number of methoxy groups -OCH3 is 2. The third-order valence-electron chi connectivity index (χ3n) is 6.42. The first kappa shape index (κ1) is 27.6. The van der Waals surface area contributed by atoms with Crippen molar-refractivity contribution in [3.8, 4) is 12.1 Å². The van der Waals surface area contributed by atoms with E-state index in [1.807, 2.05) is 18.4 Å². The number of hydrogen-bond acceptors (Lipinski definition) is 8. The minimum Gasteiger partial charge on any atom is -0.511 e. The monoisotopic (exact) mass is 530 g/mol. The second-order valence-electron chi connectivity index (χ2n) is 8.19. The summed E-state index contributed by atoms with van der Waals surface area (Å²) in [5, 5.41) is 32.2. The largest absolute Gasteiger partial charge is 0.511 e. The highest BCUT2D eigenvalue weighted by Gasteiger charge is 2.61. The number of thioether (sulfide) groups is 1. The molecule has 0 aromatic heterocycles. The minimum absolute atomic E-state index is 0.00676. The molecule has 1 N–H and O–H groups in total. The molecule has 37 heavy (non-hydrogen) atoms. The molecule has 0 bridgehead atoms. The molecular formula is C26H21F3N2O5S. The first-order chi connectivity index (χ1) is 17.5. The maximum atomic E-state index is 13.2. The fourth-order valence-corrected chi connectivity index (χ4v) is 5.11. The fraction of sp³-hybridized carbons (Fsp3) is 0.308. The van der Waals surface area contributed by atoms with E-state index in [-0.39, 0.29) is 11.1 Å². The number of nitrogens with zero attached hydrogens (tertiary/aromatic N) is 2. The summed E-state index contributed by atoms with van der Waals surface area (Å²) in [5.41, 5.74) is -3.43. The van der Waals surface area contributed by atoms with E-state index in [0.29, 0.717) is 0 Å². The molecule has 192 valence electrons. The van der Waals surface area contributed by atoms with E-state index in [1.165, 1.54) is 11.8 Å². The Bertz CT molecular complexity index is 1290. The van der Waals surface area contributed by atoms with Crippen LogP contribution in [0.25, 0.3) is 0 Å². The normalized spacial score (nSPS) is 20.9. The van der Waals surface area contributed by atoms with Gasteiger partial charge in [-0.2, -0.15) is 23.7 Å². The SMILES string of the molecule is COC(=O)C1=C(O)C(C(=O)OC)C(c2ccc(C(F)(F)F)cc2)C(C#N)(C#N)C1c1ccc(SC)cc1. The first-order valence-electron chi connectivity index (χ1n) is 10.7. The van der Waals surface area contributed by atoms with E-state index in [9.17, 15) is 38.4 Å². The first-order valence-corrected chi connectivity index (χ1v) is 12.0. The molecule has 0 fully saturated rings. The highest BCUT2D eigenvalue weighted by Crippen LogP contribution is 2.59. The van der Waals surface area contributed by atoms with E-state index >= 15 is 0 Å². The zero-order valence-corrected chi connectivity index (χ0v) is 20.7. The van der Waals surface area contributed by atoms with Crippen LogP contribution in [0.2, 0.25) is 0 Å². The third-order valence-corrected chi connectivity index (χ3v) is 7.16. The average molecular weight is 531 g/mol. The molecule has 7 nitrogen and oxygen atoms in total. The molecule has 1 aliphatic rings. The highest BCUT2D eigenvalue weighted by molar-refractivity contribution is 7.98. The van der Waals surface area contributed by atoms with Gasteiger partial charge in [0.05, 0.1) is 43.4 Å². The molecule has 0 spiro atoms. The van der Waals surface area contributed by atoms with Gasteiger partial charge in [-0.05, 0) is 41.6 Å². The number of esters is 2. The molecule has 0 aliphatic heterocycles. The Morgan fingerprint density at radius 3 is 1.95 bits per heavy atom. The van der Waals surface area contributed by atoms with Gasteiger partial charge < -0.3 is 14.6 Å². The number of carbonyl (C=O) groups excluding carboxylic acids is 2. The Morgan fingerprint density at radius 1 is 0.973 bits per heavy atom. The summed E-state index contributed by atoms with van der Waals surface area (Å²) in [5.74, 6) is -7.63. The maximum absolute atomic E-state index is 13.2. The number of nitriles is 2. The summed E-state index contributed by atoms with van der Waals surface area (Å²) >= 11 is 1.42. The lowest BCUT2D eigenvalue weighted by atomic mass is 9.54. The molecule has 11 heteroatoms. The van der Waals surface area contributed by atoms with Crippen molar-refractivity contribution in [2.24, 2.45) is 11.3 Å². The van der Waals surface area contributed by atoms with Crippen molar-refractivity contribution >= 4 is 23.7 Å². The van der Waals surface area contributed by atoms with Crippen LogP contribution in [-0.4, -0.2) is 37.5 Å². The molecule has 3 rings (SSSR count). The fourth-order valence-electron chi connectivity index (χ4n) is 4.70. The number of carbonyl (C=O) groups is 2. The summed E-state index contributed by atoms with van der Waals surface area (Å²) in [6.07, 6.45) is -2.83. The van der Waals surface area contributed by atoms with Gasteiger partial charge in [-0.25, -0.2) is 4.79 Å². The van der Waals surface area contributed by atoms with Gasteiger partial charge in [0.25, 0.3) is 0 Å². The number of benzene rings is 2. The zero-order valence-electron chi connectivity index (χ0n) is 19.9. The maximum Gasteiger partial charge on any atom is 0.416 e. The number of alkyl halides is 3. The average Bonchev–Trinajstić information content (AvgIpc) is 2.91. The van der Waals surface area contributed by atoms with Crippen LogP contribution in [-0.2, 0) is 25.2 Å². The molecule has 2 aromatic carbocycles. The van der Waals surface area contributed by atoms with Gasteiger partial charge in [0.15, 0.2) is 5.41 Å². The molecule has 0 radical (unpaired) electrons. The van der Waals surface area contributed by atoms with E-state index < -0.39 is 58.2 Å².